The summed E-state index contributed by atoms with van der Waals surface area (Å²) in [5.41, 5.74) is 3.00. The Morgan fingerprint density at radius 3 is 2.76 bits per heavy atom. The molecule has 1 aromatic carbocycles. The van der Waals surface area contributed by atoms with Crippen LogP contribution in [0.5, 0.6) is 0 Å². The van der Waals surface area contributed by atoms with Gasteiger partial charge in [-0.2, -0.15) is 0 Å². The molecule has 12 heteroatoms. The average Bonchev–Trinajstić information content (AvgIpc) is 3.61. The van der Waals surface area contributed by atoms with Crippen LogP contribution in [0, 0.1) is 0 Å². The van der Waals surface area contributed by atoms with Crippen LogP contribution in [0.4, 0.5) is 10.7 Å². The lowest BCUT2D eigenvalue weighted by Crippen LogP contribution is -2.36. The Morgan fingerprint density at radius 2 is 2.00 bits per heavy atom. The molecule has 1 atom stereocenters. The summed E-state index contributed by atoms with van der Waals surface area (Å²) < 4.78 is 8.43. The number of anilines is 1. The minimum absolute atomic E-state index is 0.313. The SMILES string of the molecule is CC(c1cnc(Cl)cc1-c1cccc2cc(-c3ccnc(NCCn4ccnn4)n3)sc12)N(C)C(=O)OC(C)(C)C. The Hall–Kier alpha value is -4.09. The Kier molecular flexibility index (Phi) is 8.18. The maximum Gasteiger partial charge on any atom is 0.410 e. The minimum atomic E-state index is -0.598. The Labute approximate surface area is 247 Å². The number of ether oxygens (including phenoxy) is 1. The maximum atomic E-state index is 12.8. The summed E-state index contributed by atoms with van der Waals surface area (Å²) >= 11 is 8.04. The van der Waals surface area contributed by atoms with E-state index >= 15 is 0 Å². The number of nitrogens with one attached hydrogen (secondary N) is 1. The van der Waals surface area contributed by atoms with E-state index in [4.69, 9.17) is 21.3 Å². The predicted octanol–water partition coefficient (Wildman–Crippen LogP) is 6.71. The molecule has 0 saturated heterocycles. The van der Waals surface area contributed by atoms with Crippen LogP contribution in [0.3, 0.4) is 0 Å². The molecule has 5 aromatic rings. The Morgan fingerprint density at radius 1 is 1.17 bits per heavy atom. The summed E-state index contributed by atoms with van der Waals surface area (Å²) in [6.07, 6.45) is 6.54. The lowest BCUT2D eigenvalue weighted by Gasteiger charge is -2.30. The molecule has 0 aliphatic rings. The van der Waals surface area contributed by atoms with Gasteiger partial charge in [0.15, 0.2) is 0 Å². The summed E-state index contributed by atoms with van der Waals surface area (Å²) in [5.74, 6) is 0.544. The van der Waals surface area contributed by atoms with E-state index in [0.29, 0.717) is 24.2 Å². The van der Waals surface area contributed by atoms with Crippen molar-refractivity contribution in [3.05, 3.63) is 71.9 Å². The molecule has 1 N–H and O–H groups in total. The van der Waals surface area contributed by atoms with E-state index in [1.165, 1.54) is 0 Å². The molecule has 0 spiro atoms. The number of rotatable bonds is 8. The second-order valence-corrected chi connectivity index (χ2v) is 12.0. The van der Waals surface area contributed by atoms with Crippen LogP contribution in [0.1, 0.15) is 39.3 Å². The molecule has 41 heavy (non-hydrogen) atoms. The molecule has 4 aromatic heterocycles. The zero-order chi connectivity index (χ0) is 29.1. The van der Waals surface area contributed by atoms with Crippen LogP contribution in [-0.4, -0.2) is 60.1 Å². The number of hydrogen-bond acceptors (Lipinski definition) is 9. The molecule has 212 valence electrons. The van der Waals surface area contributed by atoms with Gasteiger partial charge in [0, 0.05) is 48.0 Å². The van der Waals surface area contributed by atoms with Crippen molar-refractivity contribution in [2.24, 2.45) is 0 Å². The van der Waals surface area contributed by atoms with Crippen molar-refractivity contribution in [3.8, 4) is 21.7 Å². The molecule has 5 rings (SSSR count). The third-order valence-corrected chi connectivity index (χ3v) is 7.87. The fourth-order valence-electron chi connectivity index (χ4n) is 4.32. The topological polar surface area (TPSA) is 111 Å². The number of hydrogen-bond donors (Lipinski definition) is 1. The molecular formula is C29H31ClN8O2S. The Balaban J connectivity index is 1.46. The van der Waals surface area contributed by atoms with Crippen LogP contribution in [0.2, 0.25) is 5.15 Å². The summed E-state index contributed by atoms with van der Waals surface area (Å²) in [7, 11) is 1.73. The number of benzene rings is 1. The van der Waals surface area contributed by atoms with Crippen LogP contribution < -0.4 is 5.32 Å². The van der Waals surface area contributed by atoms with Crippen molar-refractivity contribution in [3.63, 3.8) is 0 Å². The predicted molar refractivity (Wildman–Crippen MR) is 162 cm³/mol. The van der Waals surface area contributed by atoms with Gasteiger partial charge in [0.1, 0.15) is 10.8 Å². The van der Waals surface area contributed by atoms with E-state index in [1.54, 1.807) is 46.6 Å². The third kappa shape index (κ3) is 6.63. The fourth-order valence-corrected chi connectivity index (χ4v) is 5.64. The molecule has 0 aliphatic carbocycles. The standard InChI is InChI=1S/C29H31ClN8O2S/c1-18(37(5)28(39)40-29(2,3)4)22-17-33-25(30)16-21(22)20-8-6-7-19-15-24(41-26(19)20)23-9-10-31-27(35-23)32-11-13-38-14-12-34-36-38/h6-10,12,14-18H,11,13H2,1-5H3,(H,31,32,35). The Bertz CT molecular complexity index is 1670. The monoisotopic (exact) mass is 590 g/mol. The number of pyridine rings is 1. The minimum Gasteiger partial charge on any atom is -0.444 e. The smallest absolute Gasteiger partial charge is 0.410 e. The molecule has 1 unspecified atom stereocenters. The van der Waals surface area contributed by atoms with Gasteiger partial charge in [-0.15, -0.1) is 16.4 Å². The number of fused-ring (bicyclic) bond motifs is 1. The van der Waals surface area contributed by atoms with Crippen LogP contribution >= 0.6 is 22.9 Å². The van der Waals surface area contributed by atoms with Gasteiger partial charge < -0.3 is 15.0 Å². The number of nitrogens with zero attached hydrogens (tertiary/aromatic N) is 7. The first-order valence-electron chi connectivity index (χ1n) is 13.1. The highest BCUT2D eigenvalue weighted by atomic mass is 35.5. The third-order valence-electron chi connectivity index (χ3n) is 6.45. The molecule has 1 amide bonds. The first-order chi connectivity index (χ1) is 19.6. The van der Waals surface area contributed by atoms with E-state index < -0.39 is 11.7 Å². The van der Waals surface area contributed by atoms with E-state index in [1.807, 2.05) is 52.1 Å². The van der Waals surface area contributed by atoms with E-state index in [0.717, 1.165) is 37.3 Å². The fraction of sp³-hybridized carbons (Fsp3) is 0.310. The molecule has 0 bridgehead atoms. The zero-order valence-corrected chi connectivity index (χ0v) is 25.1. The van der Waals surface area contributed by atoms with Crippen LogP contribution in [0.25, 0.3) is 31.8 Å². The van der Waals surface area contributed by atoms with Crippen molar-refractivity contribution in [1.82, 2.24) is 34.8 Å². The van der Waals surface area contributed by atoms with Gasteiger partial charge in [-0.05, 0) is 56.8 Å². The van der Waals surface area contributed by atoms with Crippen molar-refractivity contribution in [2.45, 2.75) is 45.9 Å². The van der Waals surface area contributed by atoms with Gasteiger partial charge in [0.25, 0.3) is 0 Å². The van der Waals surface area contributed by atoms with E-state index in [-0.39, 0.29) is 6.04 Å². The largest absolute Gasteiger partial charge is 0.444 e. The quantitative estimate of drug-likeness (QED) is 0.199. The molecule has 0 aliphatic heterocycles. The van der Waals surface area contributed by atoms with Gasteiger partial charge >= 0.3 is 6.09 Å². The van der Waals surface area contributed by atoms with E-state index in [2.05, 4.69) is 43.8 Å². The summed E-state index contributed by atoms with van der Waals surface area (Å²) in [6.45, 7) is 8.77. The molecule has 4 heterocycles. The van der Waals surface area contributed by atoms with Gasteiger partial charge in [-0.25, -0.2) is 19.7 Å². The van der Waals surface area contributed by atoms with Crippen LogP contribution in [0.15, 0.2) is 61.2 Å². The highest BCUT2D eigenvalue weighted by Gasteiger charge is 2.26. The number of aromatic nitrogens is 6. The molecule has 0 radical (unpaired) electrons. The first-order valence-corrected chi connectivity index (χ1v) is 14.3. The maximum absolute atomic E-state index is 12.8. The highest BCUT2D eigenvalue weighted by molar-refractivity contribution is 7.22. The van der Waals surface area contributed by atoms with Crippen LogP contribution in [-0.2, 0) is 11.3 Å². The van der Waals surface area contributed by atoms with Crippen molar-refractivity contribution in [2.75, 3.05) is 18.9 Å². The van der Waals surface area contributed by atoms with Crippen molar-refractivity contribution in [1.29, 1.82) is 0 Å². The first kappa shape index (κ1) is 28.4. The van der Waals surface area contributed by atoms with Crippen molar-refractivity contribution >= 4 is 45.1 Å². The number of thiophene rings is 1. The number of carbonyl (C=O) groups is 1. The summed E-state index contributed by atoms with van der Waals surface area (Å²) in [6, 6.07) is 11.7. The summed E-state index contributed by atoms with van der Waals surface area (Å²) in [5, 5.41) is 12.5. The van der Waals surface area contributed by atoms with Gasteiger partial charge in [0.05, 0.1) is 29.4 Å². The highest BCUT2D eigenvalue weighted by Crippen LogP contribution is 2.42. The molecule has 10 nitrogen and oxygen atoms in total. The van der Waals surface area contributed by atoms with Gasteiger partial charge in [-0.3, -0.25) is 4.68 Å². The second kappa shape index (κ2) is 11.8. The molecule has 0 saturated carbocycles. The molecular weight excluding hydrogens is 560 g/mol. The summed E-state index contributed by atoms with van der Waals surface area (Å²) in [4.78, 5) is 28.9. The average molecular weight is 591 g/mol. The lowest BCUT2D eigenvalue weighted by atomic mass is 9.96. The lowest BCUT2D eigenvalue weighted by molar-refractivity contribution is 0.0234. The van der Waals surface area contributed by atoms with Crippen molar-refractivity contribution < 1.29 is 9.53 Å². The van der Waals surface area contributed by atoms with Gasteiger partial charge in [0.2, 0.25) is 5.95 Å². The normalized spacial score (nSPS) is 12.3. The molecule has 0 fully saturated rings. The van der Waals surface area contributed by atoms with Gasteiger partial charge in [-0.1, -0.05) is 35.0 Å². The second-order valence-electron chi connectivity index (χ2n) is 10.6. The van der Waals surface area contributed by atoms with E-state index in [9.17, 15) is 4.79 Å². The number of carbonyl (C=O) groups excluding carboxylic acids is 1. The number of halogens is 1. The zero-order valence-electron chi connectivity index (χ0n) is 23.5. The number of amides is 1.